The molecule has 0 bridgehead atoms. The maximum Gasteiger partial charge on any atom is 0.0569 e. The minimum Gasteiger partial charge on any atom is -0.309 e. The quantitative estimate of drug-likeness (QED) is 0.178. The SMILES string of the molecule is Cc1ccccc1-c1cc(-c2ccccc2)cc(C)c1N(c1ccc2c(c1)C(C)(C)c1ccccc1-2)c1cccc2c1-c1ccccc1C2(C)C. The average molecular weight is 658 g/mol. The van der Waals surface area contributed by atoms with E-state index < -0.39 is 0 Å². The zero-order chi connectivity index (χ0) is 35.1. The van der Waals surface area contributed by atoms with Gasteiger partial charge in [0.1, 0.15) is 0 Å². The van der Waals surface area contributed by atoms with Gasteiger partial charge in [-0.25, -0.2) is 0 Å². The fourth-order valence-electron chi connectivity index (χ4n) is 9.10. The van der Waals surface area contributed by atoms with Crippen molar-refractivity contribution in [2.75, 3.05) is 4.90 Å². The van der Waals surface area contributed by atoms with Crippen LogP contribution < -0.4 is 4.90 Å². The predicted octanol–water partition coefficient (Wildman–Crippen LogP) is 13.7. The largest absolute Gasteiger partial charge is 0.309 e. The molecule has 0 unspecified atom stereocenters. The predicted molar refractivity (Wildman–Crippen MR) is 217 cm³/mol. The first-order valence-corrected chi connectivity index (χ1v) is 18.2. The van der Waals surface area contributed by atoms with Crippen molar-refractivity contribution in [1.82, 2.24) is 0 Å². The summed E-state index contributed by atoms with van der Waals surface area (Å²) < 4.78 is 0. The van der Waals surface area contributed by atoms with Gasteiger partial charge in [-0.15, -0.1) is 0 Å². The number of fused-ring (bicyclic) bond motifs is 6. The second-order valence-corrected chi connectivity index (χ2v) is 15.5. The Hall–Kier alpha value is -5.66. The molecule has 51 heavy (non-hydrogen) atoms. The molecule has 0 heterocycles. The molecule has 2 aliphatic rings. The fraction of sp³-hybridized carbons (Fsp3) is 0.160. The Morgan fingerprint density at radius 1 is 0.392 bits per heavy atom. The third kappa shape index (κ3) is 4.68. The van der Waals surface area contributed by atoms with Gasteiger partial charge in [-0.1, -0.05) is 149 Å². The Balaban J connectivity index is 1.38. The van der Waals surface area contributed by atoms with Gasteiger partial charge in [0.2, 0.25) is 0 Å². The van der Waals surface area contributed by atoms with E-state index in [1.807, 2.05) is 0 Å². The monoisotopic (exact) mass is 657 g/mol. The summed E-state index contributed by atoms with van der Waals surface area (Å²) in [4.78, 5) is 2.59. The van der Waals surface area contributed by atoms with Crippen LogP contribution in [0.1, 0.15) is 61.1 Å². The number of aryl methyl sites for hydroxylation is 2. The van der Waals surface area contributed by atoms with E-state index in [2.05, 4.69) is 198 Å². The summed E-state index contributed by atoms with van der Waals surface area (Å²) in [5, 5.41) is 0. The van der Waals surface area contributed by atoms with E-state index in [0.29, 0.717) is 0 Å². The molecule has 1 heteroatoms. The summed E-state index contributed by atoms with van der Waals surface area (Å²) in [5.74, 6) is 0. The number of anilines is 3. The number of rotatable bonds is 5. The molecule has 0 amide bonds. The van der Waals surface area contributed by atoms with Crippen LogP contribution in [0.2, 0.25) is 0 Å². The van der Waals surface area contributed by atoms with E-state index >= 15 is 0 Å². The van der Waals surface area contributed by atoms with Crippen molar-refractivity contribution in [3.63, 3.8) is 0 Å². The Morgan fingerprint density at radius 2 is 0.980 bits per heavy atom. The molecule has 0 saturated carbocycles. The number of nitrogens with zero attached hydrogens (tertiary/aromatic N) is 1. The second kappa shape index (κ2) is 11.4. The molecule has 0 N–H and O–H groups in total. The van der Waals surface area contributed by atoms with Crippen LogP contribution in [0.25, 0.3) is 44.5 Å². The molecule has 0 aliphatic heterocycles. The number of hydrogen-bond acceptors (Lipinski definition) is 1. The van der Waals surface area contributed by atoms with Gasteiger partial charge in [-0.05, 0) is 111 Å². The van der Waals surface area contributed by atoms with Crippen LogP contribution in [0.4, 0.5) is 17.1 Å². The van der Waals surface area contributed by atoms with Crippen molar-refractivity contribution in [3.05, 3.63) is 185 Å². The van der Waals surface area contributed by atoms with Crippen LogP contribution >= 0.6 is 0 Å². The minimum absolute atomic E-state index is 0.111. The number of hydrogen-bond donors (Lipinski definition) is 0. The van der Waals surface area contributed by atoms with Gasteiger partial charge < -0.3 is 4.90 Å². The average Bonchev–Trinajstić information content (AvgIpc) is 3.53. The molecule has 0 radical (unpaired) electrons. The van der Waals surface area contributed by atoms with Crippen molar-refractivity contribution in [3.8, 4) is 44.5 Å². The summed E-state index contributed by atoms with van der Waals surface area (Å²) in [5.41, 5.74) is 21.6. The second-order valence-electron chi connectivity index (χ2n) is 15.5. The van der Waals surface area contributed by atoms with Crippen molar-refractivity contribution in [1.29, 1.82) is 0 Å². The highest BCUT2D eigenvalue weighted by Crippen LogP contribution is 2.57. The Bertz CT molecular complexity index is 2500. The molecule has 0 spiro atoms. The zero-order valence-corrected chi connectivity index (χ0v) is 30.4. The van der Waals surface area contributed by atoms with Gasteiger partial charge in [0.25, 0.3) is 0 Å². The highest BCUT2D eigenvalue weighted by molar-refractivity contribution is 6.00. The highest BCUT2D eigenvalue weighted by Gasteiger charge is 2.39. The van der Waals surface area contributed by atoms with Gasteiger partial charge in [0, 0.05) is 27.6 Å². The first kappa shape index (κ1) is 31.3. The van der Waals surface area contributed by atoms with Crippen LogP contribution in [0.5, 0.6) is 0 Å². The lowest BCUT2D eigenvalue weighted by Gasteiger charge is -2.33. The van der Waals surface area contributed by atoms with E-state index in [1.165, 1.54) is 95.0 Å². The third-order valence-corrected chi connectivity index (χ3v) is 11.7. The van der Waals surface area contributed by atoms with Gasteiger partial charge in [-0.2, -0.15) is 0 Å². The van der Waals surface area contributed by atoms with Gasteiger partial charge >= 0.3 is 0 Å². The molecule has 0 fully saturated rings. The Morgan fingerprint density at radius 3 is 1.73 bits per heavy atom. The molecule has 2 aliphatic carbocycles. The van der Waals surface area contributed by atoms with Crippen LogP contribution in [0.3, 0.4) is 0 Å². The summed E-state index contributed by atoms with van der Waals surface area (Å²) in [6, 6.07) is 56.6. The molecular formula is C50H43N. The molecule has 1 nitrogen and oxygen atoms in total. The van der Waals surface area contributed by atoms with Gasteiger partial charge in [0.05, 0.1) is 11.4 Å². The van der Waals surface area contributed by atoms with Crippen LogP contribution in [-0.2, 0) is 10.8 Å². The Labute approximate surface area is 302 Å². The molecular weight excluding hydrogens is 615 g/mol. The lowest BCUT2D eigenvalue weighted by Crippen LogP contribution is -2.18. The van der Waals surface area contributed by atoms with Crippen molar-refractivity contribution in [2.24, 2.45) is 0 Å². The lowest BCUT2D eigenvalue weighted by molar-refractivity contribution is 0.660. The van der Waals surface area contributed by atoms with Crippen LogP contribution in [-0.4, -0.2) is 0 Å². The van der Waals surface area contributed by atoms with E-state index in [0.717, 1.165) is 0 Å². The van der Waals surface area contributed by atoms with Gasteiger partial charge in [-0.3, -0.25) is 0 Å². The first-order valence-electron chi connectivity index (χ1n) is 18.2. The van der Waals surface area contributed by atoms with E-state index in [9.17, 15) is 0 Å². The maximum absolute atomic E-state index is 2.59. The van der Waals surface area contributed by atoms with Crippen molar-refractivity contribution >= 4 is 17.1 Å². The standard InChI is InChI=1S/C50H43N/c1-32-17-10-11-20-37(32)41-30-35(34-18-8-7-9-19-34)29-33(2)48(41)51(36-27-28-39-38-21-12-14-23-42(38)50(5,6)45(39)31-36)46-26-16-25-44-47(46)40-22-13-15-24-43(40)49(44,3)4/h7-31H,1-6H3. The normalized spacial score (nSPS) is 14.4. The number of benzene rings is 7. The summed E-state index contributed by atoms with van der Waals surface area (Å²) >= 11 is 0. The minimum atomic E-state index is -0.119. The maximum atomic E-state index is 2.59. The van der Waals surface area contributed by atoms with Crippen molar-refractivity contribution < 1.29 is 0 Å². The van der Waals surface area contributed by atoms with E-state index in [1.54, 1.807) is 0 Å². The third-order valence-electron chi connectivity index (χ3n) is 11.7. The summed E-state index contributed by atoms with van der Waals surface area (Å²) in [7, 11) is 0. The summed E-state index contributed by atoms with van der Waals surface area (Å²) in [6.07, 6.45) is 0. The van der Waals surface area contributed by atoms with E-state index in [-0.39, 0.29) is 10.8 Å². The lowest BCUT2D eigenvalue weighted by atomic mass is 9.82. The molecule has 0 atom stereocenters. The smallest absolute Gasteiger partial charge is 0.0569 e. The zero-order valence-electron chi connectivity index (χ0n) is 30.4. The van der Waals surface area contributed by atoms with E-state index in [4.69, 9.17) is 0 Å². The highest BCUT2D eigenvalue weighted by atomic mass is 15.2. The molecule has 0 saturated heterocycles. The topological polar surface area (TPSA) is 3.24 Å². The van der Waals surface area contributed by atoms with Crippen LogP contribution in [0, 0.1) is 13.8 Å². The molecule has 248 valence electrons. The molecule has 9 rings (SSSR count). The Kier molecular flexibility index (Phi) is 7.03. The molecule has 7 aromatic carbocycles. The fourth-order valence-corrected chi connectivity index (χ4v) is 9.10. The molecule has 0 aromatic heterocycles. The first-order chi connectivity index (χ1) is 24.7. The molecule has 7 aromatic rings. The van der Waals surface area contributed by atoms with Crippen LogP contribution in [0.15, 0.2) is 152 Å². The van der Waals surface area contributed by atoms with Crippen molar-refractivity contribution in [2.45, 2.75) is 52.4 Å². The van der Waals surface area contributed by atoms with Gasteiger partial charge in [0.15, 0.2) is 0 Å². The summed E-state index contributed by atoms with van der Waals surface area (Å²) in [6.45, 7) is 14.0.